The predicted molar refractivity (Wildman–Crippen MR) is 97.0 cm³/mol. The first-order valence-corrected chi connectivity index (χ1v) is 7.87. The minimum Gasteiger partial charge on any atom is -0.507 e. The molecule has 9 nitrogen and oxygen atoms in total. The molecule has 0 radical (unpaired) electrons. The normalized spacial score (nSPS) is 10.8. The van der Waals surface area contributed by atoms with Gasteiger partial charge in [0.25, 0.3) is 11.8 Å². The Balaban J connectivity index is 1.83. The average molecular weight is 370 g/mol. The van der Waals surface area contributed by atoms with Crippen molar-refractivity contribution in [3.05, 3.63) is 59.7 Å². The van der Waals surface area contributed by atoms with Crippen molar-refractivity contribution in [3.8, 4) is 11.5 Å². The number of rotatable bonds is 5. The van der Waals surface area contributed by atoms with Gasteiger partial charge in [0.1, 0.15) is 11.5 Å². The van der Waals surface area contributed by atoms with E-state index in [1.165, 1.54) is 31.2 Å². The average Bonchev–Trinajstić information content (AvgIpc) is 2.65. The summed E-state index contributed by atoms with van der Waals surface area (Å²) < 4.78 is 0. The van der Waals surface area contributed by atoms with Crippen molar-refractivity contribution in [1.29, 1.82) is 0 Å². The summed E-state index contributed by atoms with van der Waals surface area (Å²) >= 11 is 0. The Morgan fingerprint density at radius 1 is 0.852 bits per heavy atom. The molecule has 0 saturated heterocycles. The third-order valence-electron chi connectivity index (χ3n) is 3.38. The summed E-state index contributed by atoms with van der Waals surface area (Å²) in [5.41, 5.74) is 6.92. The fourth-order valence-electron chi connectivity index (χ4n) is 2.05. The number of benzene rings is 2. The molecule has 0 atom stereocenters. The van der Waals surface area contributed by atoms with Gasteiger partial charge in [-0.3, -0.25) is 25.2 Å². The summed E-state index contributed by atoms with van der Waals surface area (Å²) in [5, 5.41) is 22.9. The number of nitrogens with zero attached hydrogens (tertiary/aromatic N) is 1. The number of nitrogens with one attached hydrogen (secondary N) is 3. The zero-order valence-electron chi connectivity index (χ0n) is 14.4. The molecule has 2 aromatic rings. The minimum absolute atomic E-state index is 0.0121. The van der Waals surface area contributed by atoms with Gasteiger partial charge in [-0.15, -0.1) is 0 Å². The Bertz CT molecular complexity index is 895. The molecule has 2 aromatic carbocycles. The molecule has 0 spiro atoms. The highest BCUT2D eigenvalue weighted by Gasteiger charge is 2.12. The number of para-hydroxylation sites is 2. The lowest BCUT2D eigenvalue weighted by molar-refractivity contribution is -0.120. The van der Waals surface area contributed by atoms with Gasteiger partial charge in [-0.2, -0.15) is 5.10 Å². The molecule has 0 aliphatic rings. The van der Waals surface area contributed by atoms with Gasteiger partial charge in [-0.25, -0.2) is 5.43 Å². The quantitative estimate of drug-likeness (QED) is 0.395. The van der Waals surface area contributed by atoms with Crippen LogP contribution in [0, 0.1) is 0 Å². The fraction of sp³-hybridized carbons (Fsp3) is 0.111. The second-order valence-electron chi connectivity index (χ2n) is 5.50. The number of carbonyl (C=O) groups is 3. The van der Waals surface area contributed by atoms with Crippen LogP contribution in [0.1, 0.15) is 34.1 Å². The number of amides is 3. The first-order valence-electron chi connectivity index (χ1n) is 7.87. The van der Waals surface area contributed by atoms with Gasteiger partial charge < -0.3 is 10.2 Å². The van der Waals surface area contributed by atoms with Gasteiger partial charge in [-0.05, 0) is 31.2 Å². The van der Waals surface area contributed by atoms with Crippen molar-refractivity contribution >= 4 is 23.4 Å². The highest BCUT2D eigenvalue weighted by Crippen LogP contribution is 2.15. The smallest absolute Gasteiger partial charge is 0.275 e. The maximum atomic E-state index is 11.9. The number of hydrogen-bond acceptors (Lipinski definition) is 6. The van der Waals surface area contributed by atoms with Crippen LogP contribution in [-0.4, -0.2) is 33.6 Å². The standard InChI is InChI=1S/C18H18N4O5/c1-11(19-21-17(26)12-6-2-4-8-14(12)23)10-16(25)20-22-18(27)13-7-3-5-9-15(13)24/h2-9,23-24H,10H2,1H3,(H,20,25)(H,21,26)(H,22,27)/b19-11-. The van der Waals surface area contributed by atoms with Crippen LogP contribution >= 0.6 is 0 Å². The van der Waals surface area contributed by atoms with Gasteiger partial charge in [0.05, 0.1) is 17.5 Å². The monoisotopic (exact) mass is 370 g/mol. The van der Waals surface area contributed by atoms with E-state index in [9.17, 15) is 24.6 Å². The Hall–Kier alpha value is -3.88. The summed E-state index contributed by atoms with van der Waals surface area (Å²) in [6, 6.07) is 11.8. The largest absolute Gasteiger partial charge is 0.507 e. The number of hydrazine groups is 1. The molecule has 3 amide bonds. The molecule has 0 heterocycles. The van der Waals surface area contributed by atoms with Crippen molar-refractivity contribution in [2.24, 2.45) is 5.10 Å². The van der Waals surface area contributed by atoms with E-state index < -0.39 is 17.7 Å². The predicted octanol–water partition coefficient (Wildman–Crippen LogP) is 1.05. The molecule has 2 rings (SSSR count). The highest BCUT2D eigenvalue weighted by atomic mass is 16.3. The van der Waals surface area contributed by atoms with Gasteiger partial charge >= 0.3 is 0 Å². The molecule has 0 aliphatic heterocycles. The molecule has 0 bridgehead atoms. The maximum absolute atomic E-state index is 11.9. The molecule has 0 fully saturated rings. The molecule has 0 unspecified atom stereocenters. The van der Waals surface area contributed by atoms with Crippen LogP contribution in [0.4, 0.5) is 0 Å². The molecule has 27 heavy (non-hydrogen) atoms. The van der Waals surface area contributed by atoms with Crippen molar-refractivity contribution in [3.63, 3.8) is 0 Å². The zero-order valence-corrected chi connectivity index (χ0v) is 14.4. The Labute approximate surface area is 154 Å². The molecule has 0 saturated carbocycles. The third-order valence-corrected chi connectivity index (χ3v) is 3.38. The molecular formula is C18H18N4O5. The summed E-state index contributed by atoms with van der Waals surface area (Å²) in [6.07, 6.45) is -0.192. The number of aromatic hydroxyl groups is 2. The van der Waals surface area contributed by atoms with Crippen molar-refractivity contribution in [1.82, 2.24) is 16.3 Å². The molecule has 140 valence electrons. The second kappa shape index (κ2) is 8.99. The molecule has 9 heteroatoms. The zero-order chi connectivity index (χ0) is 19.8. The molecular weight excluding hydrogens is 352 g/mol. The van der Waals surface area contributed by atoms with E-state index in [0.717, 1.165) is 0 Å². The number of phenols is 2. The highest BCUT2D eigenvalue weighted by molar-refractivity contribution is 6.03. The van der Waals surface area contributed by atoms with E-state index in [2.05, 4.69) is 21.4 Å². The van der Waals surface area contributed by atoms with Crippen LogP contribution in [0.3, 0.4) is 0 Å². The SMILES string of the molecule is C/C(CC(=O)NNC(=O)c1ccccc1O)=N/NC(=O)c1ccccc1O. The first-order chi connectivity index (χ1) is 12.9. The van der Waals surface area contributed by atoms with E-state index in [1.807, 2.05) is 0 Å². The Morgan fingerprint density at radius 3 is 1.93 bits per heavy atom. The summed E-state index contributed by atoms with van der Waals surface area (Å²) in [5.74, 6) is -2.28. The van der Waals surface area contributed by atoms with Crippen LogP contribution in [0.25, 0.3) is 0 Å². The van der Waals surface area contributed by atoms with Crippen LogP contribution in [-0.2, 0) is 4.79 Å². The maximum Gasteiger partial charge on any atom is 0.275 e. The van der Waals surface area contributed by atoms with Gasteiger partial charge in [-0.1, -0.05) is 24.3 Å². The minimum atomic E-state index is -0.677. The van der Waals surface area contributed by atoms with Gasteiger partial charge in [0.15, 0.2) is 0 Å². The first kappa shape index (κ1) is 19.4. The van der Waals surface area contributed by atoms with Gasteiger partial charge in [0.2, 0.25) is 5.91 Å². The molecule has 5 N–H and O–H groups in total. The lowest BCUT2D eigenvalue weighted by Crippen LogP contribution is -2.42. The fourth-order valence-corrected chi connectivity index (χ4v) is 2.05. The van der Waals surface area contributed by atoms with Gasteiger partial charge in [0, 0.05) is 5.71 Å². The molecule has 0 aromatic heterocycles. The van der Waals surface area contributed by atoms with E-state index in [1.54, 1.807) is 24.3 Å². The Kier molecular flexibility index (Phi) is 6.48. The third kappa shape index (κ3) is 5.56. The number of phenolic OH excluding ortho intramolecular Hbond substituents is 2. The second-order valence-corrected chi connectivity index (χ2v) is 5.50. The Morgan fingerprint density at radius 2 is 1.37 bits per heavy atom. The van der Waals surface area contributed by atoms with Crippen molar-refractivity contribution < 1.29 is 24.6 Å². The summed E-state index contributed by atoms with van der Waals surface area (Å²) in [6.45, 7) is 1.51. The number of hydrogen-bond donors (Lipinski definition) is 5. The number of carbonyl (C=O) groups excluding carboxylic acids is 3. The van der Waals surface area contributed by atoms with Crippen molar-refractivity contribution in [2.75, 3.05) is 0 Å². The topological polar surface area (TPSA) is 140 Å². The van der Waals surface area contributed by atoms with E-state index >= 15 is 0 Å². The van der Waals surface area contributed by atoms with Crippen LogP contribution in [0.5, 0.6) is 11.5 Å². The lowest BCUT2D eigenvalue weighted by atomic mass is 10.2. The van der Waals surface area contributed by atoms with E-state index in [-0.39, 0.29) is 34.8 Å². The van der Waals surface area contributed by atoms with Crippen LogP contribution in [0.15, 0.2) is 53.6 Å². The molecule has 0 aliphatic carbocycles. The number of hydrazone groups is 1. The van der Waals surface area contributed by atoms with Crippen LogP contribution < -0.4 is 16.3 Å². The van der Waals surface area contributed by atoms with Crippen molar-refractivity contribution in [2.45, 2.75) is 13.3 Å². The lowest BCUT2D eigenvalue weighted by Gasteiger charge is -2.08. The van der Waals surface area contributed by atoms with E-state index in [0.29, 0.717) is 0 Å². The van der Waals surface area contributed by atoms with E-state index in [4.69, 9.17) is 0 Å². The summed E-state index contributed by atoms with van der Waals surface area (Å²) in [4.78, 5) is 35.6. The summed E-state index contributed by atoms with van der Waals surface area (Å²) in [7, 11) is 0. The van der Waals surface area contributed by atoms with Crippen LogP contribution in [0.2, 0.25) is 0 Å².